The summed E-state index contributed by atoms with van der Waals surface area (Å²) in [5.74, 6) is 0.713. The van der Waals surface area contributed by atoms with Crippen LogP contribution >= 0.6 is 0 Å². The highest BCUT2D eigenvalue weighted by molar-refractivity contribution is 6.13. The first-order valence-electron chi connectivity index (χ1n) is 18.4. The molecule has 0 bridgehead atoms. The molecule has 1 saturated carbocycles. The van der Waals surface area contributed by atoms with E-state index in [9.17, 15) is 0 Å². The lowest BCUT2D eigenvalue weighted by atomic mass is 9.78. The second kappa shape index (κ2) is 11.2. The maximum atomic E-state index is 2.41. The average Bonchev–Trinajstić information content (AvgIpc) is 3.85. The number of fused-ring (bicyclic) bond motifs is 9. The summed E-state index contributed by atoms with van der Waals surface area (Å²) in [5.41, 5.74) is 14.1. The van der Waals surface area contributed by atoms with Crippen molar-refractivity contribution in [1.82, 2.24) is 4.57 Å². The Morgan fingerprint density at radius 2 is 0.922 bits per heavy atom. The van der Waals surface area contributed by atoms with Crippen molar-refractivity contribution in [3.63, 3.8) is 0 Å². The molecule has 51 heavy (non-hydrogen) atoms. The van der Waals surface area contributed by atoms with Crippen LogP contribution in [0.15, 0.2) is 164 Å². The van der Waals surface area contributed by atoms with E-state index < -0.39 is 0 Å². The fourth-order valence-corrected chi connectivity index (χ4v) is 9.06. The summed E-state index contributed by atoms with van der Waals surface area (Å²) in [7, 11) is 0. The van der Waals surface area contributed by atoms with Crippen LogP contribution in [0.1, 0.15) is 37.2 Å². The smallest absolute Gasteiger partial charge is 0.0541 e. The number of hydrogen-bond acceptors (Lipinski definition) is 1. The molecule has 2 aliphatic rings. The van der Waals surface area contributed by atoms with E-state index >= 15 is 0 Å². The molecule has 2 nitrogen and oxygen atoms in total. The van der Waals surface area contributed by atoms with Crippen molar-refractivity contribution in [1.29, 1.82) is 0 Å². The number of rotatable bonds is 5. The third-order valence-electron chi connectivity index (χ3n) is 11.6. The summed E-state index contributed by atoms with van der Waals surface area (Å²) in [6, 6.07) is 61.1. The third kappa shape index (κ3) is 4.49. The molecule has 9 aromatic rings. The molecule has 242 valence electrons. The number of nitrogens with zero attached hydrogens (tertiary/aromatic N) is 2. The molecule has 2 aliphatic carbocycles. The molecule has 0 saturated heterocycles. The molecule has 8 aromatic carbocycles. The highest BCUT2D eigenvalue weighted by Gasteiger charge is 2.25. The zero-order chi connectivity index (χ0) is 33.5. The summed E-state index contributed by atoms with van der Waals surface area (Å²) in [6.07, 6.45) is 5.35. The van der Waals surface area contributed by atoms with E-state index in [2.05, 4.69) is 173 Å². The molecule has 1 fully saturated rings. The molecule has 11 rings (SSSR count). The minimum atomic E-state index is 0.713. The number of aromatic nitrogens is 1. The van der Waals surface area contributed by atoms with Crippen molar-refractivity contribution < 1.29 is 0 Å². The largest absolute Gasteiger partial charge is 0.310 e. The number of anilines is 3. The highest BCUT2D eigenvalue weighted by Crippen LogP contribution is 2.51. The number of hydrogen-bond donors (Lipinski definition) is 0. The summed E-state index contributed by atoms with van der Waals surface area (Å²) in [5, 5.41) is 7.66. The van der Waals surface area contributed by atoms with Gasteiger partial charge in [-0.1, -0.05) is 91.7 Å². The van der Waals surface area contributed by atoms with Gasteiger partial charge in [0.05, 0.1) is 11.0 Å². The van der Waals surface area contributed by atoms with Crippen LogP contribution in [-0.2, 0) is 0 Å². The van der Waals surface area contributed by atoms with Gasteiger partial charge in [0.15, 0.2) is 0 Å². The zero-order valence-electron chi connectivity index (χ0n) is 28.4. The Morgan fingerprint density at radius 1 is 0.412 bits per heavy atom. The SMILES string of the molecule is c1ccc(N(c2ccc(C3CCCC3)cc2)c2ccc3cc4c(cc3c2)-c2cc3ccc(-n5c6ccccc6c6ccccc65)cc3cc2-4)cc1. The van der Waals surface area contributed by atoms with E-state index in [1.54, 1.807) is 0 Å². The average molecular weight is 653 g/mol. The van der Waals surface area contributed by atoms with Crippen molar-refractivity contribution in [3.05, 3.63) is 169 Å². The van der Waals surface area contributed by atoms with E-state index in [1.165, 1.54) is 120 Å². The minimum absolute atomic E-state index is 0.713. The van der Waals surface area contributed by atoms with Crippen LogP contribution in [0.4, 0.5) is 17.1 Å². The van der Waals surface area contributed by atoms with Crippen molar-refractivity contribution in [3.8, 4) is 27.9 Å². The Morgan fingerprint density at radius 3 is 1.57 bits per heavy atom. The second-order valence-electron chi connectivity index (χ2n) is 14.5. The Labute approximate surface area is 297 Å². The molecule has 0 amide bonds. The van der Waals surface area contributed by atoms with Gasteiger partial charge >= 0.3 is 0 Å². The predicted octanol–water partition coefficient (Wildman–Crippen LogP) is 13.9. The number of para-hydroxylation sites is 3. The third-order valence-corrected chi connectivity index (χ3v) is 11.6. The first-order chi connectivity index (χ1) is 25.3. The second-order valence-corrected chi connectivity index (χ2v) is 14.5. The lowest BCUT2D eigenvalue weighted by molar-refractivity contribution is 0.723. The van der Waals surface area contributed by atoms with Gasteiger partial charge in [-0.3, -0.25) is 0 Å². The molecule has 0 aliphatic heterocycles. The van der Waals surface area contributed by atoms with Crippen molar-refractivity contribution in [2.75, 3.05) is 4.90 Å². The first kappa shape index (κ1) is 28.7. The van der Waals surface area contributed by atoms with Crippen molar-refractivity contribution in [2.24, 2.45) is 0 Å². The minimum Gasteiger partial charge on any atom is -0.310 e. The standard InChI is InChI=1S/C49H36N2/c1-2-12-38(13-3-1)50(39-22-18-33(19-23-39)32-10-4-5-11-32)40-24-20-34-28-44-46(30-36(34)26-40)45-29-35-21-25-41(27-37(35)31-47(44)45)51-48-16-8-6-14-42(48)43-15-7-9-17-49(43)51/h1-3,6-9,12-32H,4-5,10-11H2. The molecule has 0 spiro atoms. The molecule has 0 unspecified atom stereocenters. The molecular formula is C49H36N2. The zero-order valence-corrected chi connectivity index (χ0v) is 28.4. The van der Waals surface area contributed by atoms with Crippen LogP contribution in [0.25, 0.3) is 71.3 Å². The van der Waals surface area contributed by atoms with Gasteiger partial charge in [-0.25, -0.2) is 0 Å². The van der Waals surface area contributed by atoms with Crippen LogP contribution in [0, 0.1) is 0 Å². The van der Waals surface area contributed by atoms with Gasteiger partial charge in [-0.15, -0.1) is 0 Å². The summed E-state index contributed by atoms with van der Waals surface area (Å²) in [4.78, 5) is 2.40. The summed E-state index contributed by atoms with van der Waals surface area (Å²) < 4.78 is 2.41. The van der Waals surface area contributed by atoms with E-state index in [1.807, 2.05) is 0 Å². The monoisotopic (exact) mass is 652 g/mol. The van der Waals surface area contributed by atoms with E-state index in [0.29, 0.717) is 5.92 Å². The quantitative estimate of drug-likeness (QED) is 0.180. The molecule has 2 heteroatoms. The van der Waals surface area contributed by atoms with E-state index in [0.717, 1.165) is 0 Å². The van der Waals surface area contributed by atoms with E-state index in [4.69, 9.17) is 0 Å². The number of benzene rings is 8. The van der Waals surface area contributed by atoms with Crippen LogP contribution in [0.3, 0.4) is 0 Å². The Hall–Kier alpha value is -6.12. The lowest BCUT2D eigenvalue weighted by Crippen LogP contribution is -2.10. The van der Waals surface area contributed by atoms with Gasteiger partial charge in [-0.05, 0) is 153 Å². The molecule has 1 aromatic heterocycles. The molecule has 0 radical (unpaired) electrons. The Bertz CT molecular complexity index is 2750. The lowest BCUT2D eigenvalue weighted by Gasteiger charge is -2.28. The fourth-order valence-electron chi connectivity index (χ4n) is 9.06. The van der Waals surface area contributed by atoms with Crippen LogP contribution in [0.5, 0.6) is 0 Å². The molecule has 1 heterocycles. The predicted molar refractivity (Wildman–Crippen MR) is 216 cm³/mol. The first-order valence-corrected chi connectivity index (χ1v) is 18.4. The normalized spacial score (nSPS) is 13.9. The molecular weight excluding hydrogens is 617 g/mol. The highest BCUT2D eigenvalue weighted by atomic mass is 15.1. The van der Waals surface area contributed by atoms with Crippen molar-refractivity contribution in [2.45, 2.75) is 31.6 Å². The Kier molecular flexibility index (Phi) is 6.30. The summed E-state index contributed by atoms with van der Waals surface area (Å²) >= 11 is 0. The van der Waals surface area contributed by atoms with Gasteiger partial charge in [-0.2, -0.15) is 0 Å². The van der Waals surface area contributed by atoms with E-state index in [-0.39, 0.29) is 0 Å². The van der Waals surface area contributed by atoms with Gasteiger partial charge in [0.25, 0.3) is 0 Å². The van der Waals surface area contributed by atoms with Gasteiger partial charge < -0.3 is 9.47 Å². The van der Waals surface area contributed by atoms with Crippen LogP contribution < -0.4 is 4.90 Å². The van der Waals surface area contributed by atoms with Crippen molar-refractivity contribution >= 4 is 60.4 Å². The summed E-state index contributed by atoms with van der Waals surface area (Å²) in [6.45, 7) is 0. The van der Waals surface area contributed by atoms with Gasteiger partial charge in [0.2, 0.25) is 0 Å². The van der Waals surface area contributed by atoms with Gasteiger partial charge in [0.1, 0.15) is 0 Å². The Balaban J connectivity index is 0.979. The van der Waals surface area contributed by atoms with Crippen LogP contribution in [0.2, 0.25) is 0 Å². The topological polar surface area (TPSA) is 8.17 Å². The molecule has 0 atom stereocenters. The van der Waals surface area contributed by atoms with Crippen LogP contribution in [-0.4, -0.2) is 4.57 Å². The molecule has 0 N–H and O–H groups in total. The maximum Gasteiger partial charge on any atom is 0.0541 e. The van der Waals surface area contributed by atoms with Gasteiger partial charge in [0, 0.05) is 33.5 Å². The maximum absolute atomic E-state index is 2.41. The fraction of sp³-hybridized carbons (Fsp3) is 0.102.